The summed E-state index contributed by atoms with van der Waals surface area (Å²) in [5.41, 5.74) is 0.621. The number of nitrogens with zero attached hydrogens (tertiary/aromatic N) is 1. The quantitative estimate of drug-likeness (QED) is 0.372. The van der Waals surface area contributed by atoms with E-state index in [1.54, 1.807) is 6.92 Å². The number of nitrogens with one attached hydrogen (secondary N) is 1. The zero-order valence-corrected chi connectivity index (χ0v) is 11.7. The van der Waals surface area contributed by atoms with E-state index in [0.29, 0.717) is 12.0 Å². The van der Waals surface area contributed by atoms with Crippen LogP contribution in [0.5, 0.6) is 0 Å². The van der Waals surface area contributed by atoms with E-state index >= 15 is 0 Å². The molecule has 0 heterocycles. The fraction of sp³-hybridized carbons (Fsp3) is 0.286. The molecular weight excluding hydrogens is 276 g/mol. The van der Waals surface area contributed by atoms with Crippen molar-refractivity contribution in [2.24, 2.45) is 0 Å². The smallest absolute Gasteiger partial charge is 0.328 e. The van der Waals surface area contributed by atoms with Gasteiger partial charge in [0.25, 0.3) is 5.69 Å². The number of esters is 1. The maximum Gasteiger partial charge on any atom is 0.328 e. The molecule has 0 fully saturated rings. The molecular formula is C14H16N2O5. The summed E-state index contributed by atoms with van der Waals surface area (Å²) in [4.78, 5) is 33.0. The van der Waals surface area contributed by atoms with Gasteiger partial charge in [0.1, 0.15) is 6.04 Å². The molecule has 1 aromatic rings. The van der Waals surface area contributed by atoms with Crippen LogP contribution in [0.15, 0.2) is 30.3 Å². The van der Waals surface area contributed by atoms with Crippen LogP contribution in [-0.2, 0) is 14.3 Å². The fourth-order valence-corrected chi connectivity index (χ4v) is 1.57. The number of hydrogen-bond donors (Lipinski definition) is 1. The van der Waals surface area contributed by atoms with Crippen LogP contribution in [0.25, 0.3) is 6.08 Å². The van der Waals surface area contributed by atoms with E-state index in [0.717, 1.165) is 0 Å². The number of rotatable bonds is 6. The van der Waals surface area contributed by atoms with Gasteiger partial charge in [0.05, 0.1) is 12.0 Å². The summed E-state index contributed by atoms with van der Waals surface area (Å²) < 4.78 is 4.56. The molecule has 1 unspecified atom stereocenters. The molecule has 7 nitrogen and oxygen atoms in total. The van der Waals surface area contributed by atoms with Crippen molar-refractivity contribution in [3.63, 3.8) is 0 Å². The summed E-state index contributed by atoms with van der Waals surface area (Å²) in [5.74, 6) is -0.944. The second-order valence-electron chi connectivity index (χ2n) is 4.17. The van der Waals surface area contributed by atoms with Crippen LogP contribution >= 0.6 is 0 Å². The van der Waals surface area contributed by atoms with Gasteiger partial charge in [-0.05, 0) is 30.2 Å². The lowest BCUT2D eigenvalue weighted by Crippen LogP contribution is -2.40. The molecule has 0 bridgehead atoms. The van der Waals surface area contributed by atoms with Gasteiger partial charge in [-0.2, -0.15) is 0 Å². The summed E-state index contributed by atoms with van der Waals surface area (Å²) in [5, 5.41) is 13.0. The molecule has 0 saturated carbocycles. The Bertz CT molecular complexity index is 551. The van der Waals surface area contributed by atoms with Crippen molar-refractivity contribution in [1.29, 1.82) is 0 Å². The highest BCUT2D eigenvalue weighted by molar-refractivity contribution is 5.94. The zero-order chi connectivity index (χ0) is 15.8. The van der Waals surface area contributed by atoms with E-state index < -0.39 is 22.8 Å². The average Bonchev–Trinajstić information content (AvgIpc) is 2.50. The van der Waals surface area contributed by atoms with Crippen molar-refractivity contribution in [3.05, 3.63) is 46.0 Å². The van der Waals surface area contributed by atoms with Crippen molar-refractivity contribution < 1.29 is 19.2 Å². The predicted molar refractivity (Wildman–Crippen MR) is 76.4 cm³/mol. The summed E-state index contributed by atoms with van der Waals surface area (Å²) in [7, 11) is 1.25. The number of non-ortho nitro benzene ring substituents is 1. The monoisotopic (exact) mass is 292 g/mol. The topological polar surface area (TPSA) is 98.5 Å². The van der Waals surface area contributed by atoms with Gasteiger partial charge in [-0.1, -0.05) is 6.92 Å². The number of benzene rings is 1. The SMILES string of the molecule is CCC(NC(=O)/C=C/c1ccc([N+](=O)[O-])cc1)C(=O)OC. The van der Waals surface area contributed by atoms with Crippen molar-refractivity contribution in [2.75, 3.05) is 7.11 Å². The molecule has 1 N–H and O–H groups in total. The second-order valence-corrected chi connectivity index (χ2v) is 4.17. The molecule has 0 saturated heterocycles. The van der Waals surface area contributed by atoms with Gasteiger partial charge >= 0.3 is 5.97 Å². The molecule has 0 aliphatic heterocycles. The van der Waals surface area contributed by atoms with Crippen LogP contribution in [0.4, 0.5) is 5.69 Å². The van der Waals surface area contributed by atoms with E-state index in [4.69, 9.17) is 0 Å². The lowest BCUT2D eigenvalue weighted by Gasteiger charge is -2.12. The van der Waals surface area contributed by atoms with Crippen molar-refractivity contribution in [1.82, 2.24) is 5.32 Å². The van der Waals surface area contributed by atoms with Crippen LogP contribution in [0.2, 0.25) is 0 Å². The van der Waals surface area contributed by atoms with Gasteiger partial charge in [0, 0.05) is 18.2 Å². The Hall–Kier alpha value is -2.70. The number of carbonyl (C=O) groups excluding carboxylic acids is 2. The second kappa shape index (κ2) is 7.78. The highest BCUT2D eigenvalue weighted by Gasteiger charge is 2.17. The third kappa shape index (κ3) is 5.06. The first-order chi connectivity index (χ1) is 9.97. The normalized spacial score (nSPS) is 11.9. The van der Waals surface area contributed by atoms with Crippen molar-refractivity contribution in [2.45, 2.75) is 19.4 Å². The molecule has 112 valence electrons. The number of nitro groups is 1. The van der Waals surface area contributed by atoms with Gasteiger partial charge in [-0.25, -0.2) is 4.79 Å². The number of methoxy groups -OCH3 is 1. The Kier molecular flexibility index (Phi) is 6.06. The molecule has 0 spiro atoms. The first-order valence-corrected chi connectivity index (χ1v) is 6.28. The van der Waals surface area contributed by atoms with Gasteiger partial charge in [-0.3, -0.25) is 14.9 Å². The number of nitro benzene ring substituents is 1. The van der Waals surface area contributed by atoms with E-state index in [1.165, 1.54) is 43.5 Å². The Morgan fingerprint density at radius 2 is 2.00 bits per heavy atom. The maximum atomic E-state index is 11.7. The van der Waals surface area contributed by atoms with Crippen molar-refractivity contribution >= 4 is 23.6 Å². The van der Waals surface area contributed by atoms with Crippen LogP contribution in [0.3, 0.4) is 0 Å². The first kappa shape index (κ1) is 16.4. The van der Waals surface area contributed by atoms with Gasteiger partial charge in [0.2, 0.25) is 5.91 Å². The Balaban J connectivity index is 2.65. The molecule has 0 radical (unpaired) electrons. The highest BCUT2D eigenvalue weighted by atomic mass is 16.6. The standard InChI is InChI=1S/C14H16N2O5/c1-3-12(14(18)21-2)15-13(17)9-6-10-4-7-11(8-5-10)16(19)20/h4-9,12H,3H2,1-2H3,(H,15,17)/b9-6+. The minimum absolute atomic E-state index is 0.0201. The molecule has 0 aliphatic carbocycles. The van der Waals surface area contributed by atoms with Gasteiger partial charge < -0.3 is 10.1 Å². The number of amides is 1. The molecule has 0 aliphatic rings. The molecule has 1 rings (SSSR count). The third-order valence-electron chi connectivity index (χ3n) is 2.74. The summed E-state index contributed by atoms with van der Waals surface area (Å²) >= 11 is 0. The van der Waals surface area contributed by atoms with E-state index in [9.17, 15) is 19.7 Å². The number of ether oxygens (including phenoxy) is 1. The summed E-state index contributed by atoms with van der Waals surface area (Å²) in [6.45, 7) is 1.75. The Labute approximate surface area is 121 Å². The van der Waals surface area contributed by atoms with E-state index in [1.807, 2.05) is 0 Å². The van der Waals surface area contributed by atoms with Gasteiger partial charge in [-0.15, -0.1) is 0 Å². The maximum absolute atomic E-state index is 11.7. The van der Waals surface area contributed by atoms with Crippen LogP contribution in [0, 0.1) is 10.1 Å². The first-order valence-electron chi connectivity index (χ1n) is 6.28. The predicted octanol–water partition coefficient (Wildman–Crippen LogP) is 1.68. The minimum atomic E-state index is -0.691. The average molecular weight is 292 g/mol. The largest absolute Gasteiger partial charge is 0.467 e. The molecule has 21 heavy (non-hydrogen) atoms. The van der Waals surface area contributed by atoms with E-state index in [-0.39, 0.29) is 5.69 Å². The summed E-state index contributed by atoms with van der Waals surface area (Å²) in [6, 6.07) is 5.06. The molecule has 1 amide bonds. The minimum Gasteiger partial charge on any atom is -0.467 e. The molecule has 1 aromatic carbocycles. The fourth-order valence-electron chi connectivity index (χ4n) is 1.57. The van der Waals surface area contributed by atoms with Gasteiger partial charge in [0.15, 0.2) is 0 Å². The van der Waals surface area contributed by atoms with E-state index in [2.05, 4.69) is 10.1 Å². The van der Waals surface area contributed by atoms with Crippen molar-refractivity contribution in [3.8, 4) is 0 Å². The third-order valence-corrected chi connectivity index (χ3v) is 2.74. The number of hydrogen-bond acceptors (Lipinski definition) is 5. The zero-order valence-electron chi connectivity index (χ0n) is 11.7. The van der Waals surface area contributed by atoms with Crippen LogP contribution in [0.1, 0.15) is 18.9 Å². The lowest BCUT2D eigenvalue weighted by atomic mass is 10.2. The Morgan fingerprint density at radius 1 is 1.38 bits per heavy atom. The number of carbonyl (C=O) groups is 2. The lowest BCUT2D eigenvalue weighted by molar-refractivity contribution is -0.384. The molecule has 1 atom stereocenters. The Morgan fingerprint density at radius 3 is 2.48 bits per heavy atom. The van der Waals surface area contributed by atoms with Crippen LogP contribution < -0.4 is 5.32 Å². The highest BCUT2D eigenvalue weighted by Crippen LogP contribution is 2.12. The summed E-state index contributed by atoms with van der Waals surface area (Å²) in [6.07, 6.45) is 3.18. The molecule has 0 aromatic heterocycles. The van der Waals surface area contributed by atoms with Crippen LogP contribution in [-0.4, -0.2) is 30.0 Å². The molecule has 7 heteroatoms.